The number of benzene rings is 1. The molecule has 0 unspecified atom stereocenters. The van der Waals surface area contributed by atoms with E-state index in [4.69, 9.17) is 0 Å². The van der Waals surface area contributed by atoms with Crippen LogP contribution < -0.4 is 0 Å². The smallest absolute Gasteiger partial charge is 0.135 e. The zero-order valence-corrected chi connectivity index (χ0v) is 7.65. The van der Waals surface area contributed by atoms with Crippen LogP contribution in [0.4, 0.5) is 4.39 Å². The Balaban J connectivity index is 3.29. The van der Waals surface area contributed by atoms with Gasteiger partial charge in [-0.25, -0.2) is 4.39 Å². The second kappa shape index (κ2) is 3.22. The van der Waals surface area contributed by atoms with E-state index >= 15 is 0 Å². The van der Waals surface area contributed by atoms with E-state index < -0.39 is 0 Å². The zero-order chi connectivity index (χ0) is 8.43. The predicted molar refractivity (Wildman–Crippen MR) is 45.1 cm³/mol. The molecule has 0 radical (unpaired) electrons. The molecule has 0 heterocycles. The highest BCUT2D eigenvalue weighted by Crippen LogP contribution is 2.29. The number of aromatic hydroxyl groups is 1. The molecule has 0 atom stereocenters. The maximum Gasteiger partial charge on any atom is 0.135 e. The van der Waals surface area contributed by atoms with Gasteiger partial charge in [-0.2, -0.15) is 0 Å². The molecule has 1 N–H and O–H groups in total. The number of hydrogen-bond donors (Lipinski definition) is 1. The maximum absolute atomic E-state index is 12.8. The summed E-state index contributed by atoms with van der Waals surface area (Å²) in [7, 11) is 0. The van der Waals surface area contributed by atoms with Gasteiger partial charge >= 0.3 is 0 Å². The molecule has 0 amide bonds. The van der Waals surface area contributed by atoms with Crippen molar-refractivity contribution < 1.29 is 9.50 Å². The SMILES string of the molecule is CCc1c(F)ccc(Br)c1O. The molecule has 0 aliphatic heterocycles. The fourth-order valence-corrected chi connectivity index (χ4v) is 1.29. The molecule has 1 rings (SSSR count). The van der Waals surface area contributed by atoms with Gasteiger partial charge in [0.1, 0.15) is 11.6 Å². The van der Waals surface area contributed by atoms with Gasteiger partial charge < -0.3 is 5.11 Å². The molecule has 11 heavy (non-hydrogen) atoms. The van der Waals surface area contributed by atoms with Crippen LogP contribution in [0.2, 0.25) is 0 Å². The second-order valence-corrected chi connectivity index (χ2v) is 3.06. The van der Waals surface area contributed by atoms with Crippen LogP contribution in [-0.2, 0) is 6.42 Å². The van der Waals surface area contributed by atoms with Crippen LogP contribution in [0, 0.1) is 5.82 Å². The van der Waals surface area contributed by atoms with Crippen molar-refractivity contribution in [3.8, 4) is 5.75 Å². The first-order valence-electron chi connectivity index (χ1n) is 3.32. The van der Waals surface area contributed by atoms with Gasteiger partial charge in [0.05, 0.1) is 4.47 Å². The van der Waals surface area contributed by atoms with Gasteiger partial charge in [-0.3, -0.25) is 0 Å². The molecular formula is C8H8BrFO. The first-order valence-corrected chi connectivity index (χ1v) is 4.12. The fourth-order valence-electron chi connectivity index (χ4n) is 0.919. The lowest BCUT2D eigenvalue weighted by Gasteiger charge is -2.03. The summed E-state index contributed by atoms with van der Waals surface area (Å²) >= 11 is 3.10. The van der Waals surface area contributed by atoms with Gasteiger partial charge in [-0.1, -0.05) is 6.92 Å². The van der Waals surface area contributed by atoms with Crippen molar-refractivity contribution in [3.05, 3.63) is 28.0 Å². The van der Waals surface area contributed by atoms with Crippen molar-refractivity contribution in [3.63, 3.8) is 0 Å². The number of halogens is 2. The van der Waals surface area contributed by atoms with E-state index in [-0.39, 0.29) is 11.6 Å². The predicted octanol–water partition coefficient (Wildman–Crippen LogP) is 2.86. The first kappa shape index (κ1) is 8.53. The Morgan fingerprint density at radius 2 is 2.18 bits per heavy atom. The van der Waals surface area contributed by atoms with E-state index in [0.717, 1.165) is 0 Å². The van der Waals surface area contributed by atoms with Crippen molar-refractivity contribution >= 4 is 15.9 Å². The summed E-state index contributed by atoms with van der Waals surface area (Å²) in [6.07, 6.45) is 0.497. The topological polar surface area (TPSA) is 20.2 Å². The summed E-state index contributed by atoms with van der Waals surface area (Å²) in [6, 6.07) is 2.83. The molecule has 0 fully saturated rings. The molecule has 1 aromatic rings. The molecule has 0 aliphatic carbocycles. The average molecular weight is 219 g/mol. The molecule has 0 bridgehead atoms. The number of phenolic OH excluding ortho intramolecular Hbond substituents is 1. The molecule has 3 heteroatoms. The van der Waals surface area contributed by atoms with E-state index in [1.165, 1.54) is 12.1 Å². The van der Waals surface area contributed by atoms with Crippen LogP contribution >= 0.6 is 15.9 Å². The summed E-state index contributed by atoms with van der Waals surface area (Å²) in [4.78, 5) is 0. The van der Waals surface area contributed by atoms with Crippen LogP contribution in [0.25, 0.3) is 0 Å². The molecule has 0 saturated carbocycles. The normalized spacial score (nSPS) is 10.1. The van der Waals surface area contributed by atoms with Crippen molar-refractivity contribution in [2.24, 2.45) is 0 Å². The standard InChI is InChI=1S/C8H8BrFO/c1-2-5-7(10)4-3-6(9)8(5)11/h3-4,11H,2H2,1H3. The number of rotatable bonds is 1. The van der Waals surface area contributed by atoms with Crippen LogP contribution in [0.1, 0.15) is 12.5 Å². The largest absolute Gasteiger partial charge is 0.506 e. The summed E-state index contributed by atoms with van der Waals surface area (Å²) < 4.78 is 13.4. The quantitative estimate of drug-likeness (QED) is 0.769. The summed E-state index contributed by atoms with van der Waals surface area (Å²) in [5, 5.41) is 9.29. The minimum Gasteiger partial charge on any atom is -0.506 e. The van der Waals surface area contributed by atoms with Crippen LogP contribution in [0.15, 0.2) is 16.6 Å². The summed E-state index contributed by atoms with van der Waals surface area (Å²) in [5.41, 5.74) is 0.361. The van der Waals surface area contributed by atoms with Gasteiger partial charge in [0, 0.05) is 5.56 Å². The molecule has 60 valence electrons. The highest BCUT2D eigenvalue weighted by molar-refractivity contribution is 9.10. The van der Waals surface area contributed by atoms with Crippen molar-refractivity contribution in [2.45, 2.75) is 13.3 Å². The Morgan fingerprint density at radius 1 is 1.55 bits per heavy atom. The van der Waals surface area contributed by atoms with E-state index in [0.29, 0.717) is 16.5 Å². The van der Waals surface area contributed by atoms with Crippen LogP contribution in [0.5, 0.6) is 5.75 Å². The second-order valence-electron chi connectivity index (χ2n) is 2.21. The van der Waals surface area contributed by atoms with E-state index in [1.807, 2.05) is 0 Å². The monoisotopic (exact) mass is 218 g/mol. The lowest BCUT2D eigenvalue weighted by atomic mass is 10.1. The summed E-state index contributed by atoms with van der Waals surface area (Å²) in [5.74, 6) is -0.347. The summed E-state index contributed by atoms with van der Waals surface area (Å²) in [6.45, 7) is 1.80. The van der Waals surface area contributed by atoms with Gasteiger partial charge in [0.15, 0.2) is 0 Å². The van der Waals surface area contributed by atoms with Crippen LogP contribution in [-0.4, -0.2) is 5.11 Å². The van der Waals surface area contributed by atoms with Crippen molar-refractivity contribution in [1.82, 2.24) is 0 Å². The molecule has 0 aromatic heterocycles. The molecule has 1 aromatic carbocycles. The first-order chi connectivity index (χ1) is 5.16. The Kier molecular flexibility index (Phi) is 2.49. The number of hydrogen-bond acceptors (Lipinski definition) is 1. The third kappa shape index (κ3) is 1.53. The molecule has 0 spiro atoms. The molecule has 0 saturated heterocycles. The van der Waals surface area contributed by atoms with Gasteiger partial charge in [-0.05, 0) is 34.5 Å². The minimum absolute atomic E-state index is 0.00694. The van der Waals surface area contributed by atoms with Gasteiger partial charge in [-0.15, -0.1) is 0 Å². The van der Waals surface area contributed by atoms with E-state index in [2.05, 4.69) is 15.9 Å². The molecule has 0 aliphatic rings. The van der Waals surface area contributed by atoms with Gasteiger partial charge in [0.2, 0.25) is 0 Å². The Labute approximate surface area is 73.0 Å². The highest BCUT2D eigenvalue weighted by Gasteiger charge is 2.08. The maximum atomic E-state index is 12.8. The zero-order valence-electron chi connectivity index (χ0n) is 6.06. The fraction of sp³-hybridized carbons (Fsp3) is 0.250. The van der Waals surface area contributed by atoms with Crippen molar-refractivity contribution in [1.29, 1.82) is 0 Å². The Morgan fingerprint density at radius 3 is 2.64 bits per heavy atom. The third-order valence-corrected chi connectivity index (χ3v) is 2.17. The Hall–Kier alpha value is -0.570. The Bertz CT molecular complexity index is 273. The number of phenols is 1. The minimum atomic E-state index is -0.354. The molecule has 1 nitrogen and oxygen atoms in total. The lowest BCUT2D eigenvalue weighted by molar-refractivity contribution is 0.456. The highest BCUT2D eigenvalue weighted by atomic mass is 79.9. The third-order valence-electron chi connectivity index (χ3n) is 1.53. The van der Waals surface area contributed by atoms with E-state index in [9.17, 15) is 9.50 Å². The van der Waals surface area contributed by atoms with Crippen LogP contribution in [0.3, 0.4) is 0 Å². The lowest BCUT2D eigenvalue weighted by Crippen LogP contribution is -1.88. The average Bonchev–Trinajstić information content (AvgIpc) is 1.99. The van der Waals surface area contributed by atoms with E-state index in [1.54, 1.807) is 6.92 Å². The van der Waals surface area contributed by atoms with Crippen molar-refractivity contribution in [2.75, 3.05) is 0 Å². The molecular weight excluding hydrogens is 211 g/mol. The van der Waals surface area contributed by atoms with Gasteiger partial charge in [0.25, 0.3) is 0 Å².